The van der Waals surface area contributed by atoms with Crippen molar-refractivity contribution in [2.45, 2.75) is 25.6 Å². The number of hydrogen-bond acceptors (Lipinski definition) is 4. The summed E-state index contributed by atoms with van der Waals surface area (Å²) in [6.07, 6.45) is 1.43. The number of aliphatic hydroxyl groups excluding tert-OH is 1. The molecule has 4 nitrogen and oxygen atoms in total. The SMILES string of the molecule is CC1(C)CN(c2ncc(Cl)cc2Br)CC(CO)O1. The zero-order chi connectivity index (χ0) is 13.3. The van der Waals surface area contributed by atoms with E-state index in [0.29, 0.717) is 11.6 Å². The molecule has 1 aromatic rings. The number of rotatable bonds is 2. The first-order chi connectivity index (χ1) is 8.41. The van der Waals surface area contributed by atoms with Crippen molar-refractivity contribution in [3.8, 4) is 0 Å². The van der Waals surface area contributed by atoms with E-state index >= 15 is 0 Å². The van der Waals surface area contributed by atoms with Crippen molar-refractivity contribution in [1.82, 2.24) is 4.98 Å². The highest BCUT2D eigenvalue weighted by molar-refractivity contribution is 9.10. The van der Waals surface area contributed by atoms with E-state index in [1.165, 1.54) is 0 Å². The number of hydrogen-bond donors (Lipinski definition) is 1. The Morgan fingerprint density at radius 2 is 2.39 bits per heavy atom. The first-order valence-electron chi connectivity index (χ1n) is 5.76. The van der Waals surface area contributed by atoms with Gasteiger partial charge in [-0.3, -0.25) is 0 Å². The van der Waals surface area contributed by atoms with Gasteiger partial charge in [0.15, 0.2) is 0 Å². The number of pyridine rings is 1. The van der Waals surface area contributed by atoms with Gasteiger partial charge in [-0.2, -0.15) is 0 Å². The summed E-state index contributed by atoms with van der Waals surface area (Å²) in [5.74, 6) is 0.828. The molecule has 2 heterocycles. The van der Waals surface area contributed by atoms with E-state index in [0.717, 1.165) is 16.8 Å². The van der Waals surface area contributed by atoms with Gasteiger partial charge in [0.2, 0.25) is 0 Å². The summed E-state index contributed by atoms with van der Waals surface area (Å²) >= 11 is 9.36. The van der Waals surface area contributed by atoms with Gasteiger partial charge in [-0.15, -0.1) is 0 Å². The third-order valence-corrected chi connectivity index (χ3v) is 3.56. The van der Waals surface area contributed by atoms with Crippen LogP contribution >= 0.6 is 27.5 Å². The average Bonchev–Trinajstić information content (AvgIpc) is 2.26. The molecule has 1 N–H and O–H groups in total. The van der Waals surface area contributed by atoms with Crippen molar-refractivity contribution < 1.29 is 9.84 Å². The molecule has 1 fully saturated rings. The minimum absolute atomic E-state index is 0.00510. The van der Waals surface area contributed by atoms with Gasteiger partial charge in [0.05, 0.1) is 27.8 Å². The predicted molar refractivity (Wildman–Crippen MR) is 75.2 cm³/mol. The van der Waals surface area contributed by atoms with E-state index < -0.39 is 0 Å². The molecule has 0 aromatic carbocycles. The molecule has 18 heavy (non-hydrogen) atoms. The Hall–Kier alpha value is -0.360. The highest BCUT2D eigenvalue weighted by atomic mass is 79.9. The Balaban J connectivity index is 2.26. The summed E-state index contributed by atoms with van der Waals surface area (Å²) in [5, 5.41) is 9.89. The van der Waals surface area contributed by atoms with Gasteiger partial charge in [0.25, 0.3) is 0 Å². The summed E-state index contributed by atoms with van der Waals surface area (Å²) in [4.78, 5) is 6.45. The monoisotopic (exact) mass is 334 g/mol. The second-order valence-corrected chi connectivity index (χ2v) is 6.31. The van der Waals surface area contributed by atoms with Crippen LogP contribution in [-0.4, -0.2) is 41.5 Å². The second-order valence-electron chi connectivity index (χ2n) is 5.02. The van der Waals surface area contributed by atoms with Crippen molar-refractivity contribution in [3.05, 3.63) is 21.8 Å². The Kier molecular flexibility index (Phi) is 4.16. The molecule has 0 bridgehead atoms. The number of halogens is 2. The molecule has 6 heteroatoms. The average molecular weight is 336 g/mol. The first kappa shape index (κ1) is 14.1. The fourth-order valence-corrected chi connectivity index (χ4v) is 3.08. The van der Waals surface area contributed by atoms with E-state index in [2.05, 4.69) is 25.8 Å². The second kappa shape index (κ2) is 5.33. The fourth-order valence-electron chi connectivity index (χ4n) is 2.19. The van der Waals surface area contributed by atoms with Crippen molar-refractivity contribution in [2.75, 3.05) is 24.6 Å². The van der Waals surface area contributed by atoms with E-state index in [1.54, 1.807) is 6.20 Å². The molecule has 1 aromatic heterocycles. The Morgan fingerprint density at radius 1 is 1.67 bits per heavy atom. The molecular formula is C12H16BrClN2O2. The van der Waals surface area contributed by atoms with Crippen molar-refractivity contribution in [2.24, 2.45) is 0 Å². The van der Waals surface area contributed by atoms with Crippen LogP contribution in [0.25, 0.3) is 0 Å². The van der Waals surface area contributed by atoms with Crippen LogP contribution in [0.15, 0.2) is 16.7 Å². The van der Waals surface area contributed by atoms with Crippen molar-refractivity contribution in [3.63, 3.8) is 0 Å². The molecule has 0 radical (unpaired) electrons. The third kappa shape index (κ3) is 3.15. The lowest BCUT2D eigenvalue weighted by Gasteiger charge is -2.43. The van der Waals surface area contributed by atoms with Gasteiger partial charge in [0, 0.05) is 19.3 Å². The molecule has 0 saturated carbocycles. The van der Waals surface area contributed by atoms with Crippen LogP contribution in [0.3, 0.4) is 0 Å². The molecule has 0 amide bonds. The minimum Gasteiger partial charge on any atom is -0.394 e. The lowest BCUT2D eigenvalue weighted by atomic mass is 10.1. The maximum atomic E-state index is 9.30. The van der Waals surface area contributed by atoms with Crippen LogP contribution in [0.1, 0.15) is 13.8 Å². The third-order valence-electron chi connectivity index (χ3n) is 2.77. The molecule has 0 spiro atoms. The number of nitrogens with zero attached hydrogens (tertiary/aromatic N) is 2. The van der Waals surface area contributed by atoms with E-state index in [1.807, 2.05) is 19.9 Å². The maximum Gasteiger partial charge on any atom is 0.143 e. The highest BCUT2D eigenvalue weighted by Crippen LogP contribution is 2.31. The van der Waals surface area contributed by atoms with E-state index in [4.69, 9.17) is 16.3 Å². The maximum absolute atomic E-state index is 9.30. The standard InChI is InChI=1S/C12H16BrClN2O2/c1-12(2)7-16(5-9(6-17)18-12)11-10(13)3-8(14)4-15-11/h3-4,9,17H,5-7H2,1-2H3. The smallest absolute Gasteiger partial charge is 0.143 e. The van der Waals surface area contributed by atoms with Gasteiger partial charge in [0.1, 0.15) is 5.82 Å². The van der Waals surface area contributed by atoms with Gasteiger partial charge in [-0.05, 0) is 35.8 Å². The molecular weight excluding hydrogens is 320 g/mol. The zero-order valence-corrected chi connectivity index (χ0v) is 12.7. The van der Waals surface area contributed by atoms with Crippen LogP contribution in [-0.2, 0) is 4.74 Å². The lowest BCUT2D eigenvalue weighted by Crippen LogP contribution is -2.54. The number of anilines is 1. The number of ether oxygens (including phenoxy) is 1. The molecule has 0 aliphatic carbocycles. The normalized spacial score (nSPS) is 23.2. The van der Waals surface area contributed by atoms with E-state index in [9.17, 15) is 5.11 Å². The number of morpholine rings is 1. The van der Waals surface area contributed by atoms with Crippen LogP contribution < -0.4 is 4.90 Å². The quantitative estimate of drug-likeness (QED) is 0.902. The molecule has 2 rings (SSSR count). The van der Waals surface area contributed by atoms with Gasteiger partial charge < -0.3 is 14.7 Å². The van der Waals surface area contributed by atoms with Crippen LogP contribution in [0.4, 0.5) is 5.82 Å². The Morgan fingerprint density at radius 3 is 3.00 bits per heavy atom. The lowest BCUT2D eigenvalue weighted by molar-refractivity contribution is -0.101. The van der Waals surface area contributed by atoms with Crippen LogP contribution in [0.5, 0.6) is 0 Å². The number of aliphatic hydroxyl groups is 1. The van der Waals surface area contributed by atoms with Crippen LogP contribution in [0, 0.1) is 0 Å². The summed E-state index contributed by atoms with van der Waals surface area (Å²) in [5.41, 5.74) is -0.313. The van der Waals surface area contributed by atoms with Gasteiger partial charge >= 0.3 is 0 Å². The molecule has 1 aliphatic rings. The first-order valence-corrected chi connectivity index (χ1v) is 6.93. The molecule has 1 aliphatic heterocycles. The largest absolute Gasteiger partial charge is 0.394 e. The molecule has 1 unspecified atom stereocenters. The molecule has 1 atom stereocenters. The molecule has 100 valence electrons. The fraction of sp³-hybridized carbons (Fsp3) is 0.583. The van der Waals surface area contributed by atoms with E-state index in [-0.39, 0.29) is 18.3 Å². The predicted octanol–water partition coefficient (Wildman–Crippen LogP) is 2.47. The highest BCUT2D eigenvalue weighted by Gasteiger charge is 2.34. The summed E-state index contributed by atoms with van der Waals surface area (Å²) in [7, 11) is 0. The van der Waals surface area contributed by atoms with Crippen molar-refractivity contribution >= 4 is 33.3 Å². The topological polar surface area (TPSA) is 45.6 Å². The summed E-state index contributed by atoms with van der Waals surface area (Å²) in [6, 6.07) is 1.82. The summed E-state index contributed by atoms with van der Waals surface area (Å²) in [6.45, 7) is 5.35. The zero-order valence-electron chi connectivity index (χ0n) is 10.4. The van der Waals surface area contributed by atoms with Gasteiger partial charge in [-0.1, -0.05) is 11.6 Å². The Bertz CT molecular complexity index is 442. The summed E-state index contributed by atoms with van der Waals surface area (Å²) < 4.78 is 6.63. The van der Waals surface area contributed by atoms with Crippen molar-refractivity contribution in [1.29, 1.82) is 0 Å². The molecule has 1 saturated heterocycles. The Labute approximate surface area is 120 Å². The van der Waals surface area contributed by atoms with Crippen LogP contribution in [0.2, 0.25) is 5.02 Å². The minimum atomic E-state index is -0.313. The van der Waals surface area contributed by atoms with Gasteiger partial charge in [-0.25, -0.2) is 4.98 Å². The number of aromatic nitrogens is 1.